The Morgan fingerprint density at radius 3 is 2.07 bits per heavy atom. The van der Waals surface area contributed by atoms with E-state index >= 15 is 0 Å². The highest BCUT2D eigenvalue weighted by Gasteiger charge is 2.52. The minimum absolute atomic E-state index is 0.0676. The van der Waals surface area contributed by atoms with Crippen molar-refractivity contribution >= 4 is 30.3 Å². The maximum atomic E-state index is 12.3. The van der Waals surface area contributed by atoms with Gasteiger partial charge in [-0.25, -0.2) is 9.59 Å². The predicted molar refractivity (Wildman–Crippen MR) is 106 cm³/mol. The third-order valence-electron chi connectivity index (χ3n) is 4.74. The lowest BCUT2D eigenvalue weighted by atomic mass is 9.76. The molecule has 1 saturated heterocycles. The zero-order chi connectivity index (χ0) is 21.5. The van der Waals surface area contributed by atoms with Crippen LogP contribution in [0.2, 0.25) is 0 Å². The van der Waals surface area contributed by atoms with Gasteiger partial charge in [0.25, 0.3) is 0 Å². The summed E-state index contributed by atoms with van der Waals surface area (Å²) in [7, 11) is 0.479. The third-order valence-corrected chi connectivity index (χ3v) is 4.74. The van der Waals surface area contributed by atoms with Gasteiger partial charge in [0.2, 0.25) is 0 Å². The van der Waals surface area contributed by atoms with E-state index in [0.29, 0.717) is 5.46 Å². The second-order valence-electron chi connectivity index (χ2n) is 8.66. The zero-order valence-electron chi connectivity index (χ0n) is 17.6. The second-order valence-corrected chi connectivity index (χ2v) is 8.66. The first-order chi connectivity index (χ1) is 12.7. The minimum Gasteiger partial charge on any atom is -0.496 e. The quantitative estimate of drug-likeness (QED) is 0.758. The smallest absolute Gasteiger partial charge is 0.496 e. The van der Waals surface area contributed by atoms with Gasteiger partial charge in [-0.2, -0.15) is 0 Å². The Morgan fingerprint density at radius 1 is 1.11 bits per heavy atom. The van der Waals surface area contributed by atoms with Crippen LogP contribution in [0.5, 0.6) is 5.75 Å². The summed E-state index contributed by atoms with van der Waals surface area (Å²) < 4.78 is 22.5. The normalized spacial score (nSPS) is 17.9. The number of carbonyl (C=O) groups is 2. The van der Waals surface area contributed by atoms with Gasteiger partial charge in [0.05, 0.1) is 18.3 Å². The van der Waals surface area contributed by atoms with Crippen LogP contribution in [0.1, 0.15) is 58.8 Å². The van der Waals surface area contributed by atoms with E-state index in [-0.39, 0.29) is 17.0 Å². The SMILES string of the molecule is COc1cc(NC(=O)OC(C)(C)C)c(B2OC(C)(C)C(C)(C)O2)cc1C(=O)O. The Kier molecular flexibility index (Phi) is 5.74. The number of carbonyl (C=O) groups excluding carboxylic acids is 1. The van der Waals surface area contributed by atoms with Gasteiger partial charge in [0, 0.05) is 17.2 Å². The standard InChI is InChI=1S/C19H28BNO7/c1-17(2,3)26-16(24)21-13-10-14(25-8)11(15(22)23)9-12(13)20-27-18(4,5)19(6,7)28-20/h9-10H,1-8H3,(H,21,24)(H,22,23). The Morgan fingerprint density at radius 2 is 1.64 bits per heavy atom. The molecular weight excluding hydrogens is 365 g/mol. The van der Waals surface area contributed by atoms with Crippen molar-refractivity contribution in [3.63, 3.8) is 0 Å². The molecule has 1 aromatic rings. The molecule has 0 radical (unpaired) electrons. The van der Waals surface area contributed by atoms with Gasteiger partial charge < -0.3 is 23.9 Å². The lowest BCUT2D eigenvalue weighted by molar-refractivity contribution is 0.00578. The van der Waals surface area contributed by atoms with Crippen molar-refractivity contribution in [3.05, 3.63) is 17.7 Å². The molecule has 1 fully saturated rings. The minimum atomic E-state index is -1.17. The van der Waals surface area contributed by atoms with E-state index < -0.39 is 36.0 Å². The van der Waals surface area contributed by atoms with Crippen LogP contribution in [0.25, 0.3) is 0 Å². The number of aromatic carboxylic acids is 1. The molecule has 1 aliphatic heterocycles. The number of hydrogen-bond acceptors (Lipinski definition) is 6. The molecule has 154 valence electrons. The molecule has 1 aliphatic rings. The van der Waals surface area contributed by atoms with Crippen LogP contribution in [0.4, 0.5) is 10.5 Å². The Bertz CT molecular complexity index is 767. The molecule has 28 heavy (non-hydrogen) atoms. The number of nitrogens with one attached hydrogen (secondary N) is 1. The van der Waals surface area contributed by atoms with E-state index in [1.54, 1.807) is 20.8 Å². The summed E-state index contributed by atoms with van der Waals surface area (Å²) in [6, 6.07) is 2.81. The summed E-state index contributed by atoms with van der Waals surface area (Å²) >= 11 is 0. The summed E-state index contributed by atoms with van der Waals surface area (Å²) in [5.41, 5.74) is -1.38. The summed E-state index contributed by atoms with van der Waals surface area (Å²) in [5, 5.41) is 12.2. The van der Waals surface area contributed by atoms with Crippen LogP contribution in [0.15, 0.2) is 12.1 Å². The van der Waals surface area contributed by atoms with Gasteiger partial charge >= 0.3 is 19.2 Å². The molecule has 1 heterocycles. The van der Waals surface area contributed by atoms with Crippen molar-refractivity contribution in [2.45, 2.75) is 65.3 Å². The molecule has 2 N–H and O–H groups in total. The predicted octanol–water partition coefficient (Wildman–Crippen LogP) is 3.04. The maximum absolute atomic E-state index is 12.3. The molecule has 0 aromatic heterocycles. The number of amides is 1. The molecule has 0 aliphatic carbocycles. The number of benzene rings is 1. The molecule has 0 atom stereocenters. The van der Waals surface area contributed by atoms with Gasteiger partial charge in [0.15, 0.2) is 0 Å². The van der Waals surface area contributed by atoms with Gasteiger partial charge in [-0.15, -0.1) is 0 Å². The fraction of sp³-hybridized carbons (Fsp3) is 0.579. The molecule has 0 saturated carbocycles. The van der Waals surface area contributed by atoms with E-state index in [9.17, 15) is 14.7 Å². The Hall–Kier alpha value is -2.26. The Labute approximate surface area is 165 Å². The number of anilines is 1. The lowest BCUT2D eigenvalue weighted by Crippen LogP contribution is -2.41. The summed E-state index contributed by atoms with van der Waals surface area (Å²) in [6.45, 7) is 12.8. The van der Waals surface area contributed by atoms with E-state index in [4.69, 9.17) is 18.8 Å². The number of carboxylic acid groups (broad SMARTS) is 1. The van der Waals surface area contributed by atoms with Crippen molar-refractivity contribution in [2.75, 3.05) is 12.4 Å². The first-order valence-electron chi connectivity index (χ1n) is 8.98. The number of rotatable bonds is 4. The molecule has 0 bridgehead atoms. The van der Waals surface area contributed by atoms with Crippen LogP contribution in [-0.4, -0.2) is 48.2 Å². The molecule has 2 rings (SSSR count). The van der Waals surface area contributed by atoms with Crippen LogP contribution in [-0.2, 0) is 14.0 Å². The average Bonchev–Trinajstić information content (AvgIpc) is 2.72. The summed E-state index contributed by atoms with van der Waals surface area (Å²) in [5.74, 6) is -1.07. The van der Waals surface area contributed by atoms with E-state index in [1.165, 1.54) is 19.2 Å². The van der Waals surface area contributed by atoms with Crippen molar-refractivity contribution in [2.24, 2.45) is 0 Å². The topological polar surface area (TPSA) is 103 Å². The number of hydrogen-bond donors (Lipinski definition) is 2. The van der Waals surface area contributed by atoms with Crippen molar-refractivity contribution in [3.8, 4) is 5.75 Å². The Balaban J connectivity index is 2.51. The van der Waals surface area contributed by atoms with Crippen molar-refractivity contribution < 1.29 is 33.5 Å². The van der Waals surface area contributed by atoms with E-state index in [1.807, 2.05) is 27.7 Å². The van der Waals surface area contributed by atoms with Crippen LogP contribution >= 0.6 is 0 Å². The fourth-order valence-corrected chi connectivity index (χ4v) is 2.62. The first-order valence-corrected chi connectivity index (χ1v) is 8.98. The highest BCUT2D eigenvalue weighted by molar-refractivity contribution is 6.64. The second kappa shape index (κ2) is 7.29. The van der Waals surface area contributed by atoms with E-state index in [0.717, 1.165) is 0 Å². The summed E-state index contributed by atoms with van der Waals surface area (Å²) in [6.07, 6.45) is -0.685. The summed E-state index contributed by atoms with van der Waals surface area (Å²) in [4.78, 5) is 23.9. The number of carboxylic acids is 1. The molecular formula is C19H28BNO7. The van der Waals surface area contributed by atoms with Gasteiger partial charge in [-0.05, 0) is 54.5 Å². The molecule has 0 unspecified atom stereocenters. The lowest BCUT2D eigenvalue weighted by Gasteiger charge is -2.32. The largest absolute Gasteiger partial charge is 0.497 e. The van der Waals surface area contributed by atoms with Crippen LogP contribution in [0.3, 0.4) is 0 Å². The molecule has 1 amide bonds. The highest BCUT2D eigenvalue weighted by Crippen LogP contribution is 2.37. The highest BCUT2D eigenvalue weighted by atomic mass is 16.7. The average molecular weight is 393 g/mol. The molecule has 9 heteroatoms. The van der Waals surface area contributed by atoms with Crippen LogP contribution in [0, 0.1) is 0 Å². The van der Waals surface area contributed by atoms with Crippen LogP contribution < -0.4 is 15.5 Å². The van der Waals surface area contributed by atoms with Crippen molar-refractivity contribution in [1.29, 1.82) is 0 Å². The third kappa shape index (κ3) is 4.59. The zero-order valence-corrected chi connectivity index (χ0v) is 17.6. The van der Waals surface area contributed by atoms with Crippen molar-refractivity contribution in [1.82, 2.24) is 0 Å². The molecule has 0 spiro atoms. The molecule has 8 nitrogen and oxygen atoms in total. The number of methoxy groups -OCH3 is 1. The monoisotopic (exact) mass is 393 g/mol. The van der Waals surface area contributed by atoms with Gasteiger partial charge in [0.1, 0.15) is 16.9 Å². The first kappa shape index (κ1) is 22.0. The fourth-order valence-electron chi connectivity index (χ4n) is 2.62. The van der Waals surface area contributed by atoms with Gasteiger partial charge in [-0.1, -0.05) is 0 Å². The van der Waals surface area contributed by atoms with Gasteiger partial charge in [-0.3, -0.25) is 5.32 Å². The maximum Gasteiger partial charge on any atom is 0.497 e. The molecule has 1 aromatic carbocycles. The number of ether oxygens (including phenoxy) is 2. The van der Waals surface area contributed by atoms with E-state index in [2.05, 4.69) is 5.32 Å².